The lowest BCUT2D eigenvalue weighted by atomic mass is 9.90. The van der Waals surface area contributed by atoms with Gasteiger partial charge < -0.3 is 24.6 Å². The Balaban J connectivity index is 0.00000148. The van der Waals surface area contributed by atoms with Crippen molar-refractivity contribution in [3.8, 4) is 16.9 Å². The highest BCUT2D eigenvalue weighted by Gasteiger charge is 2.32. The molecule has 2 aliphatic rings. The number of alkyl halides is 1. The monoisotopic (exact) mass is 735 g/mol. The van der Waals surface area contributed by atoms with E-state index in [-0.39, 0.29) is 20.0 Å². The highest BCUT2D eigenvalue weighted by atomic mass is 127. The van der Waals surface area contributed by atoms with Crippen LogP contribution in [0.2, 0.25) is 0 Å². The first-order valence-electron chi connectivity index (χ1n) is 14.8. The van der Waals surface area contributed by atoms with Crippen LogP contribution in [0, 0.1) is 25.1 Å². The molecule has 0 aromatic heterocycles. The summed E-state index contributed by atoms with van der Waals surface area (Å²) in [4.78, 5) is 12.3. The molecule has 2 N–H and O–H groups in total. The van der Waals surface area contributed by atoms with E-state index >= 15 is 0 Å². The molecule has 0 bridgehead atoms. The summed E-state index contributed by atoms with van der Waals surface area (Å²) >= 11 is 5.82. The Morgan fingerprint density at radius 3 is 2.12 bits per heavy atom. The topological polar surface area (TPSA) is 77.0 Å². The van der Waals surface area contributed by atoms with Crippen LogP contribution in [-0.4, -0.2) is 52.9 Å². The number of rotatable bonds is 4. The minimum absolute atomic E-state index is 0. The first-order valence-corrected chi connectivity index (χ1v) is 17.2. The molecule has 1 heterocycles. The number of amides is 1. The Morgan fingerprint density at radius 1 is 1.12 bits per heavy atom. The summed E-state index contributed by atoms with van der Waals surface area (Å²) < 4.78 is 32.7. The lowest BCUT2D eigenvalue weighted by Gasteiger charge is -2.23. The smallest absolute Gasteiger partial charge is 0.408 e. The molecule has 1 saturated heterocycles. The molecule has 9 heteroatoms. The minimum atomic E-state index is -0.639. The highest BCUT2D eigenvalue weighted by molar-refractivity contribution is 14.1. The number of aliphatic hydroxyl groups excluding tert-OH is 1. The van der Waals surface area contributed by atoms with Gasteiger partial charge in [0.15, 0.2) is 0 Å². The van der Waals surface area contributed by atoms with Gasteiger partial charge in [-0.3, -0.25) is 0 Å². The Bertz CT molecular complexity index is 1160. The number of benzene rings is 2. The van der Waals surface area contributed by atoms with Crippen molar-refractivity contribution < 1.29 is 29.9 Å². The Hall–Kier alpha value is -1.56. The van der Waals surface area contributed by atoms with Crippen molar-refractivity contribution in [2.45, 2.75) is 106 Å². The third kappa shape index (κ3) is 13.1. The molecule has 1 amide bonds. The normalized spacial score (nSPS) is 19.0. The van der Waals surface area contributed by atoms with Crippen LogP contribution in [0.5, 0.6) is 5.75 Å². The summed E-state index contributed by atoms with van der Waals surface area (Å²) in [5.41, 5.74) is 5.31. The standard InChI is InChI=1S/C26H32FNO5.C5H12.C2H5I.CH4S.H2/c1-14-10-16(32-22-13-31-12-21(22)29)11-15(2)23(14)17-6-8-19(27)24-18(17)7-9-20(24)28-25(30)33-26(3,4)5;1-5(2,3)4;1-2-3;1-2;/h6,8,10-11,20-22,29H,7,9,12-13H2,1-5H3,(H,28,30);1-4H3;2H2,1H3;2H,1H3;1H/t20-,21-,22-;;;;/m1..../s1. The number of nitrogens with one attached hydrogen (secondary N) is 1. The lowest BCUT2D eigenvalue weighted by molar-refractivity contribution is 0.0503. The second-order valence-corrected chi connectivity index (χ2v) is 14.7. The molecular weight excluding hydrogens is 680 g/mol. The van der Waals surface area contributed by atoms with Crippen LogP contribution in [0.3, 0.4) is 0 Å². The maximum absolute atomic E-state index is 14.9. The molecule has 43 heavy (non-hydrogen) atoms. The summed E-state index contributed by atoms with van der Waals surface area (Å²) in [6.07, 6.45) is 1.40. The van der Waals surface area contributed by atoms with Crippen LogP contribution in [0.25, 0.3) is 11.1 Å². The molecule has 0 radical (unpaired) electrons. The number of fused-ring (bicyclic) bond motifs is 1. The van der Waals surface area contributed by atoms with E-state index in [1.807, 2.05) is 32.0 Å². The maximum Gasteiger partial charge on any atom is 0.408 e. The number of thiol groups is 1. The van der Waals surface area contributed by atoms with Crippen molar-refractivity contribution in [2.24, 2.45) is 5.41 Å². The van der Waals surface area contributed by atoms with Crippen LogP contribution in [0.4, 0.5) is 9.18 Å². The quantitative estimate of drug-likeness (QED) is 0.166. The van der Waals surface area contributed by atoms with E-state index in [2.05, 4.69) is 75.2 Å². The van der Waals surface area contributed by atoms with Gasteiger partial charge in [-0.1, -0.05) is 63.3 Å². The van der Waals surface area contributed by atoms with Crippen molar-refractivity contribution in [3.05, 3.63) is 52.3 Å². The Morgan fingerprint density at radius 2 is 1.65 bits per heavy atom. The lowest BCUT2D eigenvalue weighted by Crippen LogP contribution is -2.34. The van der Waals surface area contributed by atoms with Gasteiger partial charge >= 0.3 is 6.09 Å². The third-order valence-electron chi connectivity index (χ3n) is 6.09. The predicted molar refractivity (Wildman–Crippen MR) is 190 cm³/mol. The number of ether oxygens (including phenoxy) is 3. The van der Waals surface area contributed by atoms with Crippen molar-refractivity contribution in [1.29, 1.82) is 0 Å². The van der Waals surface area contributed by atoms with Gasteiger partial charge in [-0.25, -0.2) is 9.18 Å². The number of aliphatic hydroxyl groups is 1. The SMILES string of the molecule is CC(C)(C)C.CCI.CS.Cc1cc(O[C@@H]2COC[C@H]2O)cc(C)c1-c1ccc(F)c2c1CC[C@H]2NC(=O)OC(C)(C)C.[HH]. The average molecular weight is 736 g/mol. The van der Waals surface area contributed by atoms with E-state index < -0.39 is 23.8 Å². The Labute approximate surface area is 279 Å². The summed E-state index contributed by atoms with van der Waals surface area (Å²) in [5.74, 6) is 0.351. The van der Waals surface area contributed by atoms with Gasteiger partial charge in [-0.2, -0.15) is 12.6 Å². The van der Waals surface area contributed by atoms with Crippen LogP contribution in [-0.2, 0) is 15.9 Å². The van der Waals surface area contributed by atoms with Crippen LogP contribution in [0.15, 0.2) is 24.3 Å². The van der Waals surface area contributed by atoms with Crippen molar-refractivity contribution in [3.63, 3.8) is 0 Å². The van der Waals surface area contributed by atoms with E-state index in [4.69, 9.17) is 14.2 Å². The summed E-state index contributed by atoms with van der Waals surface area (Å²) in [5, 5.41) is 12.8. The fourth-order valence-electron chi connectivity index (χ4n) is 4.77. The van der Waals surface area contributed by atoms with Crippen LogP contribution < -0.4 is 10.1 Å². The number of carbonyl (C=O) groups is 1. The molecule has 0 saturated carbocycles. The largest absolute Gasteiger partial charge is 0.485 e. The van der Waals surface area contributed by atoms with Crippen molar-refractivity contribution in [1.82, 2.24) is 5.32 Å². The van der Waals surface area contributed by atoms with Crippen molar-refractivity contribution in [2.75, 3.05) is 23.9 Å². The summed E-state index contributed by atoms with van der Waals surface area (Å²) in [6.45, 7) is 20.9. The van der Waals surface area contributed by atoms with E-state index in [1.54, 1.807) is 27.0 Å². The number of alkyl carbamates (subject to hydrolysis) is 1. The fourth-order valence-corrected chi connectivity index (χ4v) is 4.77. The average Bonchev–Trinajstić information content (AvgIpc) is 3.46. The fraction of sp³-hybridized carbons (Fsp3) is 0.618. The van der Waals surface area contributed by atoms with Gasteiger partial charge in [0.25, 0.3) is 0 Å². The molecule has 1 aliphatic heterocycles. The molecule has 3 atom stereocenters. The summed E-state index contributed by atoms with van der Waals surface area (Å²) in [6, 6.07) is 6.73. The minimum Gasteiger partial charge on any atom is -0.485 e. The molecule has 1 aliphatic carbocycles. The molecule has 0 spiro atoms. The van der Waals surface area contributed by atoms with Gasteiger partial charge in [-0.05, 0) is 110 Å². The number of halogens is 2. The molecule has 6 nitrogen and oxygen atoms in total. The molecule has 2 aromatic rings. The number of aryl methyl sites for hydroxylation is 2. The maximum atomic E-state index is 14.9. The van der Waals surface area contributed by atoms with E-state index in [0.29, 0.717) is 36.2 Å². The van der Waals surface area contributed by atoms with E-state index in [9.17, 15) is 14.3 Å². The second-order valence-electron chi connectivity index (χ2n) is 13.2. The zero-order valence-corrected chi connectivity index (χ0v) is 30.9. The van der Waals surface area contributed by atoms with Crippen molar-refractivity contribution >= 4 is 41.3 Å². The first kappa shape index (κ1) is 39.5. The van der Waals surface area contributed by atoms with Crippen LogP contribution >= 0.6 is 35.2 Å². The molecule has 2 aromatic carbocycles. The first-order chi connectivity index (χ1) is 19.9. The molecule has 1 fully saturated rings. The summed E-state index contributed by atoms with van der Waals surface area (Å²) in [7, 11) is 0. The van der Waals surface area contributed by atoms with Gasteiger partial charge in [0, 0.05) is 6.99 Å². The van der Waals surface area contributed by atoms with Crippen LogP contribution in [0.1, 0.15) is 91.5 Å². The third-order valence-corrected chi connectivity index (χ3v) is 6.09. The van der Waals surface area contributed by atoms with E-state index in [0.717, 1.165) is 27.8 Å². The van der Waals surface area contributed by atoms with E-state index in [1.165, 1.54) is 10.5 Å². The van der Waals surface area contributed by atoms with Gasteiger partial charge in [0.05, 0.1) is 19.3 Å². The zero-order valence-electron chi connectivity index (χ0n) is 27.9. The van der Waals surface area contributed by atoms with Gasteiger partial charge in [0.2, 0.25) is 0 Å². The Kier molecular flexibility index (Phi) is 16.3. The molecule has 0 unspecified atom stereocenters. The molecule has 246 valence electrons. The van der Waals surface area contributed by atoms with Gasteiger partial charge in [-0.15, -0.1) is 0 Å². The zero-order chi connectivity index (χ0) is 33.1. The number of hydrogen-bond acceptors (Lipinski definition) is 6. The number of hydrogen-bond donors (Lipinski definition) is 3. The molecular formula is C34H55FINO5S. The van der Waals surface area contributed by atoms with Gasteiger partial charge in [0.1, 0.15) is 29.4 Å². The highest BCUT2D eigenvalue weighted by Crippen LogP contribution is 2.42. The second kappa shape index (κ2) is 17.8. The predicted octanol–water partition coefficient (Wildman–Crippen LogP) is 9.05. The molecule has 4 rings (SSSR count). The number of carbonyl (C=O) groups excluding carboxylic acids is 1.